The zero-order valence-corrected chi connectivity index (χ0v) is 26.2. The predicted molar refractivity (Wildman–Crippen MR) is 163 cm³/mol. The lowest BCUT2D eigenvalue weighted by molar-refractivity contribution is -0.149. The Morgan fingerprint density at radius 3 is 2.10 bits per heavy atom. The van der Waals surface area contributed by atoms with Gasteiger partial charge < -0.3 is 25.4 Å². The second-order valence-electron chi connectivity index (χ2n) is 12.4. The molecule has 0 spiro atoms. The summed E-state index contributed by atoms with van der Waals surface area (Å²) in [5.41, 5.74) is 0.829. The minimum absolute atomic E-state index is 0.0756. The van der Waals surface area contributed by atoms with E-state index < -0.39 is 35.2 Å². The van der Waals surface area contributed by atoms with Crippen LogP contribution in [0.2, 0.25) is 0 Å². The molecule has 0 aliphatic heterocycles. The molecular weight excluding hydrogens is 518 g/mol. The quantitative estimate of drug-likeness (QED) is 0.283. The number of alkyl carbamates (subject to hydrolysis) is 1. The van der Waals surface area contributed by atoms with Crippen molar-refractivity contribution in [2.75, 3.05) is 0 Å². The topological polar surface area (TPSA) is 108 Å². The summed E-state index contributed by atoms with van der Waals surface area (Å²) in [6.45, 7) is 17.1. The molecule has 2 aromatic rings. The van der Waals surface area contributed by atoms with Gasteiger partial charge in [0, 0.05) is 18.0 Å². The number of carbonyl (C=O) groups is 3. The van der Waals surface area contributed by atoms with Crippen molar-refractivity contribution in [3.63, 3.8) is 0 Å². The van der Waals surface area contributed by atoms with Crippen LogP contribution in [0.4, 0.5) is 4.79 Å². The molecule has 0 radical (unpaired) electrons. The van der Waals surface area contributed by atoms with E-state index in [0.29, 0.717) is 6.42 Å². The highest BCUT2D eigenvalue weighted by Crippen LogP contribution is 2.34. The summed E-state index contributed by atoms with van der Waals surface area (Å²) in [6.07, 6.45) is 1.70. The van der Waals surface area contributed by atoms with Gasteiger partial charge in [0.2, 0.25) is 11.8 Å². The van der Waals surface area contributed by atoms with E-state index in [9.17, 15) is 19.5 Å². The van der Waals surface area contributed by atoms with Gasteiger partial charge in [0.15, 0.2) is 0 Å². The Morgan fingerprint density at radius 2 is 1.56 bits per heavy atom. The van der Waals surface area contributed by atoms with Crippen molar-refractivity contribution in [1.82, 2.24) is 15.5 Å². The van der Waals surface area contributed by atoms with Gasteiger partial charge in [-0.05, 0) is 90.1 Å². The number of nitrogens with one attached hydrogen (secondary N) is 2. The van der Waals surface area contributed by atoms with E-state index in [1.165, 1.54) is 12.1 Å². The second-order valence-corrected chi connectivity index (χ2v) is 12.4. The van der Waals surface area contributed by atoms with Crippen molar-refractivity contribution in [2.45, 2.75) is 117 Å². The Balaban J connectivity index is 2.67. The zero-order valence-electron chi connectivity index (χ0n) is 26.2. The van der Waals surface area contributed by atoms with Gasteiger partial charge in [-0.1, -0.05) is 56.7 Å². The number of nitrogens with zero attached hydrogens (tertiary/aromatic N) is 1. The fourth-order valence-corrected chi connectivity index (χ4v) is 4.75. The van der Waals surface area contributed by atoms with Gasteiger partial charge >= 0.3 is 6.09 Å². The summed E-state index contributed by atoms with van der Waals surface area (Å²) < 4.78 is 5.52. The molecule has 3 atom stereocenters. The summed E-state index contributed by atoms with van der Waals surface area (Å²) in [7, 11) is 0. The minimum Gasteiger partial charge on any atom is -0.508 e. The molecule has 0 saturated carbocycles. The maximum absolute atomic E-state index is 14.7. The van der Waals surface area contributed by atoms with Gasteiger partial charge in [0.05, 0.1) is 0 Å². The van der Waals surface area contributed by atoms with Crippen LogP contribution in [0.15, 0.2) is 48.5 Å². The van der Waals surface area contributed by atoms with Crippen LogP contribution in [0.3, 0.4) is 0 Å². The minimum atomic E-state index is -1.03. The Labute approximate surface area is 245 Å². The number of carbonyl (C=O) groups excluding carboxylic acids is 3. The lowest BCUT2D eigenvalue weighted by Gasteiger charge is -2.45. The van der Waals surface area contributed by atoms with E-state index >= 15 is 0 Å². The Morgan fingerprint density at radius 1 is 0.951 bits per heavy atom. The average Bonchev–Trinajstić information content (AvgIpc) is 2.87. The number of ether oxygens (including phenoxy) is 1. The first-order valence-electron chi connectivity index (χ1n) is 14.6. The smallest absolute Gasteiger partial charge is 0.408 e. The number of benzene rings is 2. The molecule has 0 bridgehead atoms. The standard InChI is InChI=1S/C33H49N3O5/c1-10-14-23(4)34-29(38)28(26-16-13-12-15-22(26)3)36(33(8,9)11-2)30(39)27(35-31(40)41-32(5,6)7)21-24-17-19-25(37)20-18-24/h12-13,15-20,23,27-28,37H,10-11,14,21H2,1-9H3,(H,34,38)(H,35,40). The Kier molecular flexibility index (Phi) is 11.8. The van der Waals surface area contributed by atoms with Gasteiger partial charge in [-0.15, -0.1) is 0 Å². The predicted octanol–water partition coefficient (Wildman–Crippen LogP) is 6.20. The Hall–Kier alpha value is -3.55. The van der Waals surface area contributed by atoms with Gasteiger partial charge in [-0.3, -0.25) is 9.59 Å². The van der Waals surface area contributed by atoms with Crippen molar-refractivity contribution in [3.05, 3.63) is 65.2 Å². The maximum atomic E-state index is 14.7. The number of phenols is 1. The van der Waals surface area contributed by atoms with Crippen molar-refractivity contribution in [1.29, 1.82) is 0 Å². The molecule has 41 heavy (non-hydrogen) atoms. The number of phenolic OH excluding ortho intramolecular Hbond substituents is 1. The van der Waals surface area contributed by atoms with Crippen LogP contribution < -0.4 is 10.6 Å². The second kappa shape index (κ2) is 14.4. The van der Waals surface area contributed by atoms with Crippen molar-refractivity contribution in [2.24, 2.45) is 0 Å². The lowest BCUT2D eigenvalue weighted by atomic mass is 9.89. The van der Waals surface area contributed by atoms with Crippen molar-refractivity contribution < 1.29 is 24.2 Å². The molecule has 2 aromatic carbocycles. The third kappa shape index (κ3) is 9.80. The van der Waals surface area contributed by atoms with Gasteiger partial charge in [0.25, 0.3) is 0 Å². The molecule has 8 heteroatoms. The molecule has 0 aliphatic carbocycles. The van der Waals surface area contributed by atoms with Gasteiger partial charge in [-0.25, -0.2) is 4.79 Å². The molecule has 3 unspecified atom stereocenters. The zero-order chi connectivity index (χ0) is 31.0. The van der Waals surface area contributed by atoms with Crippen LogP contribution in [-0.4, -0.2) is 51.1 Å². The van der Waals surface area contributed by atoms with E-state index in [1.54, 1.807) is 37.8 Å². The summed E-state index contributed by atoms with van der Waals surface area (Å²) >= 11 is 0. The van der Waals surface area contributed by atoms with E-state index in [2.05, 4.69) is 17.6 Å². The summed E-state index contributed by atoms with van der Waals surface area (Å²) in [4.78, 5) is 43.4. The SMILES string of the molecule is CCCC(C)NC(=O)C(c1ccccc1C)N(C(=O)C(Cc1ccc(O)cc1)NC(=O)OC(C)(C)C)C(C)(C)CC. The monoisotopic (exact) mass is 567 g/mol. The summed E-state index contributed by atoms with van der Waals surface area (Å²) in [5.74, 6) is -0.568. The molecular formula is C33H49N3O5. The van der Waals surface area contributed by atoms with E-state index in [1.807, 2.05) is 58.9 Å². The van der Waals surface area contributed by atoms with Crippen LogP contribution in [0.1, 0.15) is 97.4 Å². The first-order valence-corrected chi connectivity index (χ1v) is 14.6. The fraction of sp³-hybridized carbons (Fsp3) is 0.545. The first kappa shape index (κ1) is 33.7. The Bertz CT molecular complexity index is 1170. The molecule has 0 saturated heterocycles. The van der Waals surface area contributed by atoms with Crippen LogP contribution in [0.5, 0.6) is 5.75 Å². The van der Waals surface area contributed by atoms with Crippen LogP contribution in [0.25, 0.3) is 0 Å². The van der Waals surface area contributed by atoms with Crippen LogP contribution in [-0.2, 0) is 20.7 Å². The van der Waals surface area contributed by atoms with Crippen LogP contribution in [0, 0.1) is 6.92 Å². The molecule has 3 N–H and O–H groups in total. The maximum Gasteiger partial charge on any atom is 0.408 e. The average molecular weight is 568 g/mol. The van der Waals surface area contributed by atoms with Crippen molar-refractivity contribution >= 4 is 17.9 Å². The van der Waals surface area contributed by atoms with Gasteiger partial charge in [0.1, 0.15) is 23.4 Å². The number of amides is 3. The summed E-state index contributed by atoms with van der Waals surface area (Å²) in [6, 6.07) is 12.0. The van der Waals surface area contributed by atoms with Crippen molar-refractivity contribution in [3.8, 4) is 5.75 Å². The van der Waals surface area contributed by atoms with Crippen LogP contribution >= 0.6 is 0 Å². The molecule has 8 nitrogen and oxygen atoms in total. The molecule has 2 rings (SSSR count). The van der Waals surface area contributed by atoms with E-state index in [-0.39, 0.29) is 24.1 Å². The summed E-state index contributed by atoms with van der Waals surface area (Å²) in [5, 5.41) is 15.7. The highest BCUT2D eigenvalue weighted by atomic mass is 16.6. The molecule has 0 aliphatic rings. The fourth-order valence-electron chi connectivity index (χ4n) is 4.75. The number of hydrogen-bond acceptors (Lipinski definition) is 5. The normalized spacial score (nSPS) is 14.0. The number of hydrogen-bond donors (Lipinski definition) is 3. The third-order valence-electron chi connectivity index (χ3n) is 7.22. The lowest BCUT2D eigenvalue weighted by Crippen LogP contribution is -2.60. The number of rotatable bonds is 12. The molecule has 226 valence electrons. The number of aromatic hydroxyl groups is 1. The highest BCUT2D eigenvalue weighted by Gasteiger charge is 2.43. The molecule has 3 amide bonds. The molecule has 0 fully saturated rings. The van der Waals surface area contributed by atoms with E-state index in [0.717, 1.165) is 29.5 Å². The molecule has 0 heterocycles. The molecule has 0 aromatic heterocycles. The highest BCUT2D eigenvalue weighted by molar-refractivity contribution is 5.93. The van der Waals surface area contributed by atoms with Gasteiger partial charge in [-0.2, -0.15) is 0 Å². The number of aryl methyl sites for hydroxylation is 1. The van der Waals surface area contributed by atoms with E-state index in [4.69, 9.17) is 4.74 Å². The first-order chi connectivity index (χ1) is 19.1. The largest absolute Gasteiger partial charge is 0.508 e. The third-order valence-corrected chi connectivity index (χ3v) is 7.22.